The van der Waals surface area contributed by atoms with Crippen LogP contribution in [0.4, 0.5) is 22.0 Å². The standard InChI is InChI=1S/C32H30N4O3S/c1-19-7-5-10-24(15-19)36-31(38)35-23-13-11-20(12-14-23)26-18-40-28-25(17-34-29(33)27(26)28)21-8-6-9-22(16-21)30(37)39-32(2,3)4/h5-18H,1-4H3,(H2,33,34)(H2,35,36,38). The molecule has 0 spiro atoms. The lowest BCUT2D eigenvalue weighted by Gasteiger charge is -2.19. The summed E-state index contributed by atoms with van der Waals surface area (Å²) in [5, 5.41) is 8.62. The van der Waals surface area contributed by atoms with Gasteiger partial charge in [0.05, 0.1) is 5.56 Å². The highest BCUT2D eigenvalue weighted by atomic mass is 32.1. The van der Waals surface area contributed by atoms with Crippen molar-refractivity contribution >= 4 is 50.6 Å². The molecule has 3 aromatic carbocycles. The lowest BCUT2D eigenvalue weighted by molar-refractivity contribution is 0.00695. The van der Waals surface area contributed by atoms with Crippen LogP contribution >= 0.6 is 11.3 Å². The minimum absolute atomic E-state index is 0.314. The number of aromatic nitrogens is 1. The van der Waals surface area contributed by atoms with Crippen LogP contribution in [0.3, 0.4) is 0 Å². The lowest BCUT2D eigenvalue weighted by atomic mass is 10.00. The van der Waals surface area contributed by atoms with Crippen molar-refractivity contribution in [2.45, 2.75) is 33.3 Å². The number of hydrogen-bond donors (Lipinski definition) is 3. The molecule has 4 N–H and O–H groups in total. The molecule has 0 aliphatic rings. The Labute approximate surface area is 237 Å². The third kappa shape index (κ3) is 5.97. The number of nitrogen functional groups attached to an aromatic ring is 1. The molecule has 5 rings (SSSR count). The number of nitrogens with one attached hydrogen (secondary N) is 2. The monoisotopic (exact) mass is 550 g/mol. The summed E-state index contributed by atoms with van der Waals surface area (Å²) < 4.78 is 6.52. The molecule has 0 aliphatic carbocycles. The van der Waals surface area contributed by atoms with Crippen LogP contribution < -0.4 is 16.4 Å². The Morgan fingerprint density at radius 1 is 0.875 bits per heavy atom. The third-order valence-corrected chi connectivity index (χ3v) is 7.18. The number of carbonyl (C=O) groups excluding carboxylic acids is 2. The molecule has 0 aliphatic heterocycles. The van der Waals surface area contributed by atoms with Crippen LogP contribution in [0.1, 0.15) is 36.7 Å². The SMILES string of the molecule is Cc1cccc(NC(=O)Nc2ccc(-c3csc4c(-c5cccc(C(=O)OC(C)(C)C)c5)cnc(N)c34)cc2)c1. The van der Waals surface area contributed by atoms with E-state index in [9.17, 15) is 9.59 Å². The molecule has 7 nitrogen and oxygen atoms in total. The van der Waals surface area contributed by atoms with Crippen LogP contribution in [0, 0.1) is 6.92 Å². The molecule has 2 amide bonds. The van der Waals surface area contributed by atoms with Crippen LogP contribution in [0.15, 0.2) is 84.4 Å². The van der Waals surface area contributed by atoms with Gasteiger partial charge in [0.1, 0.15) is 11.4 Å². The van der Waals surface area contributed by atoms with Gasteiger partial charge in [0, 0.05) is 38.8 Å². The van der Waals surface area contributed by atoms with Gasteiger partial charge in [0.25, 0.3) is 0 Å². The van der Waals surface area contributed by atoms with Gasteiger partial charge >= 0.3 is 12.0 Å². The molecule has 0 atom stereocenters. The fourth-order valence-corrected chi connectivity index (χ4v) is 5.51. The van der Waals surface area contributed by atoms with E-state index >= 15 is 0 Å². The van der Waals surface area contributed by atoms with E-state index in [2.05, 4.69) is 21.0 Å². The molecule has 5 aromatic rings. The topological polar surface area (TPSA) is 106 Å². The first-order valence-electron chi connectivity index (χ1n) is 12.8. The molecular formula is C32H30N4O3S. The van der Waals surface area contributed by atoms with Crippen LogP contribution in [-0.2, 0) is 4.74 Å². The van der Waals surface area contributed by atoms with Gasteiger partial charge in [-0.15, -0.1) is 11.3 Å². The number of urea groups is 1. The minimum Gasteiger partial charge on any atom is -0.456 e. The van der Waals surface area contributed by atoms with Gasteiger partial charge < -0.3 is 21.1 Å². The molecule has 2 aromatic heterocycles. The van der Waals surface area contributed by atoms with Crippen molar-refractivity contribution in [1.82, 2.24) is 4.98 Å². The Kier molecular flexibility index (Phi) is 7.28. The normalized spacial score (nSPS) is 11.3. The van der Waals surface area contributed by atoms with Crippen molar-refractivity contribution in [2.75, 3.05) is 16.4 Å². The van der Waals surface area contributed by atoms with Gasteiger partial charge in [-0.1, -0.05) is 36.4 Å². The molecule has 8 heteroatoms. The van der Waals surface area contributed by atoms with Gasteiger partial charge in [-0.05, 0) is 86.2 Å². The molecule has 0 saturated heterocycles. The molecule has 0 bridgehead atoms. The van der Waals surface area contributed by atoms with E-state index < -0.39 is 5.60 Å². The summed E-state index contributed by atoms with van der Waals surface area (Å²) in [5.41, 5.74) is 12.4. The number of carbonyl (C=O) groups is 2. The average Bonchev–Trinajstić information content (AvgIpc) is 3.35. The number of nitrogens with zero attached hydrogens (tertiary/aromatic N) is 1. The molecule has 0 unspecified atom stereocenters. The zero-order valence-electron chi connectivity index (χ0n) is 22.7. The Morgan fingerprint density at radius 2 is 1.60 bits per heavy atom. The van der Waals surface area contributed by atoms with E-state index in [1.54, 1.807) is 23.6 Å². The number of pyridine rings is 1. The maximum Gasteiger partial charge on any atom is 0.338 e. The number of nitrogens with two attached hydrogens (primary N) is 1. The van der Waals surface area contributed by atoms with Crippen molar-refractivity contribution in [3.8, 4) is 22.3 Å². The second-order valence-corrected chi connectivity index (χ2v) is 11.4. The highest BCUT2D eigenvalue weighted by Gasteiger charge is 2.20. The first kappa shape index (κ1) is 26.9. The summed E-state index contributed by atoms with van der Waals surface area (Å²) in [5.74, 6) is 0.0557. The lowest BCUT2D eigenvalue weighted by Crippen LogP contribution is -2.23. The quantitative estimate of drug-likeness (QED) is 0.192. The Morgan fingerprint density at radius 3 is 2.33 bits per heavy atom. The first-order valence-corrected chi connectivity index (χ1v) is 13.7. The van der Waals surface area contributed by atoms with Crippen molar-refractivity contribution in [2.24, 2.45) is 0 Å². The van der Waals surface area contributed by atoms with Gasteiger partial charge in [0.15, 0.2) is 0 Å². The summed E-state index contributed by atoms with van der Waals surface area (Å²) >= 11 is 1.57. The minimum atomic E-state index is -0.582. The second kappa shape index (κ2) is 10.8. The fourth-order valence-electron chi connectivity index (χ4n) is 4.39. The molecule has 0 radical (unpaired) electrons. The molecule has 0 fully saturated rings. The van der Waals surface area contributed by atoms with Crippen LogP contribution in [0.5, 0.6) is 0 Å². The van der Waals surface area contributed by atoms with Gasteiger partial charge in [0.2, 0.25) is 0 Å². The average molecular weight is 551 g/mol. The van der Waals surface area contributed by atoms with Crippen LogP contribution in [0.25, 0.3) is 32.3 Å². The summed E-state index contributed by atoms with van der Waals surface area (Å²) in [6.45, 7) is 7.51. The zero-order valence-corrected chi connectivity index (χ0v) is 23.6. The van der Waals surface area contributed by atoms with E-state index in [1.165, 1.54) is 0 Å². The molecule has 40 heavy (non-hydrogen) atoms. The first-order chi connectivity index (χ1) is 19.1. The summed E-state index contributed by atoms with van der Waals surface area (Å²) in [7, 11) is 0. The molecular weight excluding hydrogens is 520 g/mol. The zero-order chi connectivity index (χ0) is 28.4. The van der Waals surface area contributed by atoms with E-state index in [1.807, 2.05) is 94.4 Å². The molecule has 0 saturated carbocycles. The number of ether oxygens (including phenoxy) is 1. The number of rotatable bonds is 5. The number of esters is 1. The van der Waals surface area contributed by atoms with Crippen molar-refractivity contribution in [1.29, 1.82) is 0 Å². The largest absolute Gasteiger partial charge is 0.456 e. The Hall–Kier alpha value is -4.69. The maximum absolute atomic E-state index is 12.7. The van der Waals surface area contributed by atoms with E-state index in [4.69, 9.17) is 10.5 Å². The maximum atomic E-state index is 12.7. The number of hydrogen-bond acceptors (Lipinski definition) is 6. The van der Waals surface area contributed by atoms with E-state index in [0.29, 0.717) is 17.1 Å². The van der Waals surface area contributed by atoms with E-state index in [0.717, 1.165) is 43.6 Å². The second-order valence-electron chi connectivity index (χ2n) is 10.5. The highest BCUT2D eigenvalue weighted by molar-refractivity contribution is 7.18. The van der Waals surface area contributed by atoms with Crippen molar-refractivity contribution in [3.05, 3.63) is 95.5 Å². The molecule has 2 heterocycles. The van der Waals surface area contributed by atoms with Crippen LogP contribution in [0.2, 0.25) is 0 Å². The van der Waals surface area contributed by atoms with Crippen molar-refractivity contribution < 1.29 is 14.3 Å². The van der Waals surface area contributed by atoms with Gasteiger partial charge in [-0.25, -0.2) is 14.6 Å². The number of anilines is 3. The number of benzene rings is 3. The summed E-state index contributed by atoms with van der Waals surface area (Å²) in [6.07, 6.45) is 1.74. The third-order valence-electron chi connectivity index (χ3n) is 6.16. The smallest absolute Gasteiger partial charge is 0.338 e. The Bertz CT molecular complexity index is 1720. The van der Waals surface area contributed by atoms with Gasteiger partial charge in [-0.3, -0.25) is 0 Å². The number of thiophene rings is 1. The number of aryl methyl sites for hydroxylation is 1. The predicted octanol–water partition coefficient (Wildman–Crippen LogP) is 8.12. The number of fused-ring (bicyclic) bond motifs is 1. The summed E-state index contributed by atoms with van der Waals surface area (Å²) in [6, 6.07) is 22.3. The summed E-state index contributed by atoms with van der Waals surface area (Å²) in [4.78, 5) is 29.6. The highest BCUT2D eigenvalue weighted by Crippen LogP contribution is 2.42. The van der Waals surface area contributed by atoms with Crippen molar-refractivity contribution in [3.63, 3.8) is 0 Å². The van der Waals surface area contributed by atoms with Crippen LogP contribution in [-0.4, -0.2) is 22.6 Å². The predicted molar refractivity (Wildman–Crippen MR) is 164 cm³/mol. The number of amides is 2. The molecule has 202 valence electrons. The van der Waals surface area contributed by atoms with Gasteiger partial charge in [-0.2, -0.15) is 0 Å². The fraction of sp³-hybridized carbons (Fsp3) is 0.156. The Balaban J connectivity index is 1.40. The van der Waals surface area contributed by atoms with E-state index in [-0.39, 0.29) is 12.0 Å².